The first-order valence-corrected chi connectivity index (χ1v) is 3.71. The van der Waals surface area contributed by atoms with Gasteiger partial charge in [-0.05, 0) is 20.3 Å². The Morgan fingerprint density at radius 3 is 2.27 bits per heavy atom. The topological polar surface area (TPSA) is 32.6 Å². The van der Waals surface area contributed by atoms with Crippen molar-refractivity contribution in [2.24, 2.45) is 4.99 Å². The number of aliphatic imine (C=N–C) groups is 1. The number of hydrogen-bond donors (Lipinski definition) is 1. The number of aliphatic hydroxyl groups is 1. The molecule has 1 unspecified atom stereocenters. The van der Waals surface area contributed by atoms with Crippen molar-refractivity contribution in [1.82, 2.24) is 0 Å². The second-order valence-electron chi connectivity index (χ2n) is 2.83. The fraction of sp³-hybridized carbons (Fsp3) is 0.875. The maximum absolute atomic E-state index is 9.65. The van der Waals surface area contributed by atoms with Gasteiger partial charge in [-0.25, -0.2) is 0 Å². The van der Waals surface area contributed by atoms with Crippen molar-refractivity contribution < 1.29 is 30.9 Å². The van der Waals surface area contributed by atoms with Gasteiger partial charge in [0.1, 0.15) is 0 Å². The summed E-state index contributed by atoms with van der Waals surface area (Å²) in [5, 5.41) is 9.65. The Morgan fingerprint density at radius 1 is 1.55 bits per heavy atom. The zero-order chi connectivity index (χ0) is 8.20. The van der Waals surface area contributed by atoms with Gasteiger partial charge in [0.15, 0.2) is 0 Å². The first-order chi connectivity index (χ1) is 4.54. The molecule has 11 heavy (non-hydrogen) atoms. The maximum atomic E-state index is 9.65. The normalized spacial score (nSPS) is 17.0. The van der Waals surface area contributed by atoms with E-state index >= 15 is 0 Å². The van der Waals surface area contributed by atoms with E-state index < -0.39 is 5.60 Å². The molecule has 0 bridgehead atoms. The quantitative estimate of drug-likeness (QED) is 0.671. The molecule has 1 atom stereocenters. The first kappa shape index (κ1) is 14.0. The second kappa shape index (κ2) is 6.06. The summed E-state index contributed by atoms with van der Waals surface area (Å²) in [5.74, 6) is 0. The van der Waals surface area contributed by atoms with E-state index in [0.29, 0.717) is 0 Å². The van der Waals surface area contributed by atoms with Crippen LogP contribution >= 0.6 is 0 Å². The molecule has 0 amide bonds. The van der Waals surface area contributed by atoms with Gasteiger partial charge in [-0.15, -0.1) is 0 Å². The molecule has 0 aliphatic carbocycles. The Hall–Kier alpha value is 0.500. The molecule has 0 heterocycles. The summed E-state index contributed by atoms with van der Waals surface area (Å²) in [6.45, 7) is 5.71. The minimum Gasteiger partial charge on any atom is -0.384 e. The van der Waals surface area contributed by atoms with E-state index in [1.54, 1.807) is 14.0 Å². The first-order valence-electron chi connectivity index (χ1n) is 3.71. The zero-order valence-electron chi connectivity index (χ0n) is 7.89. The SMILES string of the molecule is CCCC(C)(O)C(C)=NC.[Sc]. The molecule has 0 aromatic rings. The van der Waals surface area contributed by atoms with Crippen LogP contribution in [0.15, 0.2) is 4.99 Å². The van der Waals surface area contributed by atoms with Gasteiger partial charge in [0.05, 0.1) is 5.60 Å². The third-order valence-electron chi connectivity index (χ3n) is 1.85. The van der Waals surface area contributed by atoms with E-state index in [1.165, 1.54) is 0 Å². The van der Waals surface area contributed by atoms with Crippen molar-refractivity contribution >= 4 is 5.71 Å². The van der Waals surface area contributed by atoms with Gasteiger partial charge in [-0.1, -0.05) is 13.3 Å². The third-order valence-corrected chi connectivity index (χ3v) is 1.85. The zero-order valence-corrected chi connectivity index (χ0v) is 9.69. The van der Waals surface area contributed by atoms with Gasteiger partial charge in [-0.2, -0.15) is 0 Å². The average molecular weight is 188 g/mol. The summed E-state index contributed by atoms with van der Waals surface area (Å²) in [4.78, 5) is 3.95. The largest absolute Gasteiger partial charge is 0.384 e. The van der Waals surface area contributed by atoms with Crippen LogP contribution < -0.4 is 0 Å². The van der Waals surface area contributed by atoms with Crippen LogP contribution in [-0.4, -0.2) is 23.5 Å². The van der Waals surface area contributed by atoms with Crippen LogP contribution in [0.1, 0.15) is 33.6 Å². The summed E-state index contributed by atoms with van der Waals surface area (Å²) in [6.07, 6.45) is 1.77. The Balaban J connectivity index is 0. The molecule has 0 fully saturated rings. The number of rotatable bonds is 3. The van der Waals surface area contributed by atoms with Crippen molar-refractivity contribution in [2.45, 2.75) is 39.2 Å². The third kappa shape index (κ3) is 4.86. The summed E-state index contributed by atoms with van der Waals surface area (Å²) in [5.41, 5.74) is 0.123. The summed E-state index contributed by atoms with van der Waals surface area (Å²) < 4.78 is 0. The molecule has 0 aliphatic heterocycles. The van der Waals surface area contributed by atoms with Gasteiger partial charge in [0, 0.05) is 38.6 Å². The molecule has 2 nitrogen and oxygen atoms in total. The Labute approximate surface area is 87.9 Å². The molecule has 63 valence electrons. The predicted octanol–water partition coefficient (Wildman–Crippen LogP) is 1.63. The smallest absolute Gasteiger partial charge is 0.0991 e. The van der Waals surface area contributed by atoms with Crippen LogP contribution in [0.25, 0.3) is 0 Å². The van der Waals surface area contributed by atoms with Crippen molar-refractivity contribution in [3.05, 3.63) is 0 Å². The molecule has 0 aliphatic rings. The minimum atomic E-state index is -0.691. The summed E-state index contributed by atoms with van der Waals surface area (Å²) in [6, 6.07) is 0. The van der Waals surface area contributed by atoms with Crippen LogP contribution in [0, 0.1) is 0 Å². The van der Waals surface area contributed by atoms with Crippen molar-refractivity contribution in [2.75, 3.05) is 7.05 Å². The van der Waals surface area contributed by atoms with Crippen LogP contribution in [0.3, 0.4) is 0 Å². The standard InChI is InChI=1S/C8H17NO.Sc/c1-5-6-8(3,10)7(2)9-4;/h10H,5-6H2,1-4H3;. The van der Waals surface area contributed by atoms with E-state index in [0.717, 1.165) is 18.6 Å². The van der Waals surface area contributed by atoms with Gasteiger partial charge in [-0.3, -0.25) is 4.99 Å². The van der Waals surface area contributed by atoms with Crippen molar-refractivity contribution in [3.8, 4) is 0 Å². The molecule has 3 heteroatoms. The predicted molar refractivity (Wildman–Crippen MR) is 44.6 cm³/mol. The Bertz CT molecular complexity index is 132. The van der Waals surface area contributed by atoms with E-state index in [1.807, 2.05) is 6.92 Å². The molecule has 0 saturated carbocycles. The van der Waals surface area contributed by atoms with Crippen LogP contribution in [0.5, 0.6) is 0 Å². The van der Waals surface area contributed by atoms with Crippen molar-refractivity contribution in [1.29, 1.82) is 0 Å². The van der Waals surface area contributed by atoms with Gasteiger partial charge in [0.25, 0.3) is 0 Å². The fourth-order valence-electron chi connectivity index (χ4n) is 0.909. The van der Waals surface area contributed by atoms with E-state index in [9.17, 15) is 5.11 Å². The van der Waals surface area contributed by atoms with Gasteiger partial charge >= 0.3 is 0 Å². The number of hydrogen-bond acceptors (Lipinski definition) is 2. The molecular weight excluding hydrogens is 171 g/mol. The van der Waals surface area contributed by atoms with Crippen LogP contribution in [-0.2, 0) is 25.8 Å². The molecule has 0 saturated heterocycles. The van der Waals surface area contributed by atoms with Crippen LogP contribution in [0.4, 0.5) is 0 Å². The Morgan fingerprint density at radius 2 is 2.00 bits per heavy atom. The van der Waals surface area contributed by atoms with Crippen LogP contribution in [0.2, 0.25) is 0 Å². The van der Waals surface area contributed by atoms with E-state index in [2.05, 4.69) is 11.9 Å². The molecule has 0 aromatic heterocycles. The van der Waals surface area contributed by atoms with E-state index in [4.69, 9.17) is 0 Å². The minimum absolute atomic E-state index is 0. The average Bonchev–Trinajstić information content (AvgIpc) is 1.86. The summed E-state index contributed by atoms with van der Waals surface area (Å²) in [7, 11) is 1.71. The summed E-state index contributed by atoms with van der Waals surface area (Å²) >= 11 is 0. The molecular formula is C8H17NOSc. The molecule has 1 radical (unpaired) electrons. The molecule has 0 rings (SSSR count). The van der Waals surface area contributed by atoms with E-state index in [-0.39, 0.29) is 25.8 Å². The molecule has 1 N–H and O–H groups in total. The Kier molecular flexibility index (Phi) is 7.75. The second-order valence-corrected chi connectivity index (χ2v) is 2.83. The van der Waals surface area contributed by atoms with Gasteiger partial charge < -0.3 is 5.11 Å². The monoisotopic (exact) mass is 188 g/mol. The molecule has 0 spiro atoms. The maximum Gasteiger partial charge on any atom is 0.0991 e. The molecule has 0 aromatic carbocycles. The fourth-order valence-corrected chi connectivity index (χ4v) is 0.909. The number of nitrogens with zero attached hydrogens (tertiary/aromatic N) is 1. The van der Waals surface area contributed by atoms with Gasteiger partial charge in [0.2, 0.25) is 0 Å². The van der Waals surface area contributed by atoms with Crippen molar-refractivity contribution in [3.63, 3.8) is 0 Å².